The number of benzene rings is 2. The minimum Gasteiger partial charge on any atom is -0.362 e. The number of fused-ring (bicyclic) bond motifs is 1. The Morgan fingerprint density at radius 1 is 1.23 bits per heavy atom. The van der Waals surface area contributed by atoms with E-state index < -0.39 is 16.8 Å². The van der Waals surface area contributed by atoms with Crippen LogP contribution in [0.1, 0.15) is 24.1 Å². The zero-order valence-electron chi connectivity index (χ0n) is 16.0. The number of halogens is 2. The molecule has 0 aliphatic heterocycles. The van der Waals surface area contributed by atoms with E-state index >= 15 is 4.39 Å². The third-order valence-corrected chi connectivity index (χ3v) is 5.32. The number of imidazole rings is 1. The molecule has 0 aliphatic rings. The molecular formula is C20H16ClFN6O2. The fraction of sp³-hybridized carbons (Fsp3) is 0.150. The fourth-order valence-corrected chi connectivity index (χ4v) is 3.69. The number of rotatable bonds is 5. The third kappa shape index (κ3) is 3.22. The van der Waals surface area contributed by atoms with Gasteiger partial charge in [0.05, 0.1) is 27.9 Å². The summed E-state index contributed by atoms with van der Waals surface area (Å²) < 4.78 is 15.4. The lowest BCUT2D eigenvalue weighted by Gasteiger charge is -2.21. The molecule has 2 N–H and O–H groups in total. The molecule has 0 amide bonds. The summed E-state index contributed by atoms with van der Waals surface area (Å²) in [7, 11) is 0. The van der Waals surface area contributed by atoms with Crippen LogP contribution in [0.2, 0.25) is 5.02 Å². The van der Waals surface area contributed by atoms with Crippen molar-refractivity contribution in [3.63, 3.8) is 0 Å². The van der Waals surface area contributed by atoms with Crippen LogP contribution >= 0.6 is 11.6 Å². The molecule has 2 aromatic carbocycles. The first-order chi connectivity index (χ1) is 14.4. The van der Waals surface area contributed by atoms with Gasteiger partial charge in [-0.2, -0.15) is 0 Å². The van der Waals surface area contributed by atoms with Gasteiger partial charge in [0.1, 0.15) is 17.7 Å². The Hall–Kier alpha value is -3.59. The Morgan fingerprint density at radius 2 is 1.97 bits per heavy atom. The van der Waals surface area contributed by atoms with Gasteiger partial charge in [0.25, 0.3) is 5.69 Å². The Kier molecular flexibility index (Phi) is 5.04. The lowest BCUT2D eigenvalue weighted by molar-refractivity contribution is -0.384. The van der Waals surface area contributed by atoms with Gasteiger partial charge in [-0.15, -0.1) is 0 Å². The second-order valence-corrected chi connectivity index (χ2v) is 7.08. The van der Waals surface area contributed by atoms with Gasteiger partial charge in [0, 0.05) is 11.1 Å². The SMILES string of the molecule is Cc1c(Cl)c(F)c(C(C)Nc2ncnc3nc[nH]c23)c(-c2ccccc2)c1[N+](=O)[O-]. The predicted molar refractivity (Wildman–Crippen MR) is 112 cm³/mol. The van der Waals surface area contributed by atoms with E-state index in [9.17, 15) is 10.1 Å². The summed E-state index contributed by atoms with van der Waals surface area (Å²) in [4.78, 5) is 26.6. The molecule has 152 valence electrons. The van der Waals surface area contributed by atoms with Crippen molar-refractivity contribution in [3.8, 4) is 11.1 Å². The third-order valence-electron chi connectivity index (χ3n) is 4.87. The van der Waals surface area contributed by atoms with E-state index in [1.54, 1.807) is 37.3 Å². The monoisotopic (exact) mass is 426 g/mol. The Bertz CT molecular complexity index is 1260. The molecule has 8 nitrogen and oxygen atoms in total. The van der Waals surface area contributed by atoms with E-state index in [0.717, 1.165) is 0 Å². The van der Waals surface area contributed by atoms with Crippen molar-refractivity contribution in [2.45, 2.75) is 19.9 Å². The molecule has 0 fully saturated rings. The zero-order chi connectivity index (χ0) is 21.4. The summed E-state index contributed by atoms with van der Waals surface area (Å²) in [6.45, 7) is 3.13. The smallest absolute Gasteiger partial charge is 0.282 e. The van der Waals surface area contributed by atoms with Crippen molar-refractivity contribution >= 4 is 34.3 Å². The highest BCUT2D eigenvalue weighted by atomic mass is 35.5. The van der Waals surface area contributed by atoms with Crippen LogP contribution in [-0.2, 0) is 0 Å². The maximum atomic E-state index is 15.4. The molecule has 0 aliphatic carbocycles. The van der Waals surface area contributed by atoms with Crippen molar-refractivity contribution in [2.24, 2.45) is 0 Å². The molecule has 4 aromatic rings. The number of nitro groups is 1. The van der Waals surface area contributed by atoms with Crippen molar-refractivity contribution in [3.05, 3.63) is 75.1 Å². The van der Waals surface area contributed by atoms with Crippen LogP contribution in [0, 0.1) is 22.9 Å². The Labute approximate surface area is 175 Å². The van der Waals surface area contributed by atoms with Gasteiger partial charge in [-0.3, -0.25) is 10.1 Å². The van der Waals surface area contributed by atoms with Crippen molar-refractivity contribution in [1.82, 2.24) is 19.9 Å². The van der Waals surface area contributed by atoms with E-state index in [-0.39, 0.29) is 27.4 Å². The summed E-state index contributed by atoms with van der Waals surface area (Å²) in [5, 5.41) is 14.8. The minimum atomic E-state index is -0.714. The van der Waals surface area contributed by atoms with Crippen LogP contribution in [0.4, 0.5) is 15.9 Å². The van der Waals surface area contributed by atoms with E-state index in [0.29, 0.717) is 22.5 Å². The molecule has 10 heteroatoms. The average Bonchev–Trinajstić information content (AvgIpc) is 3.22. The summed E-state index contributed by atoms with van der Waals surface area (Å²) >= 11 is 6.17. The molecule has 0 spiro atoms. The molecule has 1 atom stereocenters. The highest BCUT2D eigenvalue weighted by Crippen LogP contribution is 2.44. The Balaban J connectivity index is 1.94. The van der Waals surface area contributed by atoms with Crippen LogP contribution in [0.25, 0.3) is 22.3 Å². The molecule has 0 saturated carbocycles. The second kappa shape index (κ2) is 7.68. The van der Waals surface area contributed by atoms with Crippen molar-refractivity contribution < 1.29 is 9.31 Å². The molecule has 2 aromatic heterocycles. The number of nitrogens with zero attached hydrogens (tertiary/aromatic N) is 4. The normalized spacial score (nSPS) is 12.1. The highest BCUT2D eigenvalue weighted by Gasteiger charge is 2.32. The number of nitrogens with one attached hydrogen (secondary N) is 2. The maximum absolute atomic E-state index is 15.4. The Morgan fingerprint density at radius 3 is 2.67 bits per heavy atom. The van der Waals surface area contributed by atoms with E-state index in [2.05, 4.69) is 25.3 Å². The molecule has 0 bridgehead atoms. The number of aromatic amines is 1. The van der Waals surface area contributed by atoms with E-state index in [4.69, 9.17) is 11.6 Å². The topological polar surface area (TPSA) is 110 Å². The van der Waals surface area contributed by atoms with Gasteiger partial charge in [0.15, 0.2) is 11.5 Å². The number of aromatic nitrogens is 4. The quantitative estimate of drug-likeness (QED) is 0.335. The summed E-state index contributed by atoms with van der Waals surface area (Å²) in [5.74, 6) is -0.323. The number of H-pyrrole nitrogens is 1. The summed E-state index contributed by atoms with van der Waals surface area (Å²) in [6, 6.07) is 7.94. The summed E-state index contributed by atoms with van der Waals surface area (Å²) in [5.41, 5.74) is 1.60. The molecule has 0 saturated heterocycles. The van der Waals surface area contributed by atoms with Gasteiger partial charge >= 0.3 is 0 Å². The largest absolute Gasteiger partial charge is 0.362 e. The van der Waals surface area contributed by atoms with Crippen LogP contribution in [0.3, 0.4) is 0 Å². The molecule has 0 radical (unpaired) electrons. The zero-order valence-corrected chi connectivity index (χ0v) is 16.7. The number of hydrogen-bond donors (Lipinski definition) is 2. The second-order valence-electron chi connectivity index (χ2n) is 6.70. The first kappa shape index (κ1) is 19.7. The minimum absolute atomic E-state index is 0.0759. The average molecular weight is 427 g/mol. The first-order valence-electron chi connectivity index (χ1n) is 9.02. The number of hydrogen-bond acceptors (Lipinski definition) is 6. The van der Waals surface area contributed by atoms with Crippen molar-refractivity contribution in [1.29, 1.82) is 0 Å². The molecule has 1 unspecified atom stereocenters. The first-order valence-corrected chi connectivity index (χ1v) is 9.39. The maximum Gasteiger partial charge on any atom is 0.282 e. The highest BCUT2D eigenvalue weighted by molar-refractivity contribution is 6.32. The lowest BCUT2D eigenvalue weighted by Crippen LogP contribution is -2.14. The molecule has 30 heavy (non-hydrogen) atoms. The van der Waals surface area contributed by atoms with E-state index in [1.165, 1.54) is 19.6 Å². The van der Waals surface area contributed by atoms with Crippen LogP contribution in [-0.4, -0.2) is 24.9 Å². The molecular weight excluding hydrogens is 411 g/mol. The fourth-order valence-electron chi connectivity index (χ4n) is 3.50. The van der Waals surface area contributed by atoms with Crippen LogP contribution in [0.15, 0.2) is 43.0 Å². The van der Waals surface area contributed by atoms with Gasteiger partial charge in [0.2, 0.25) is 0 Å². The summed E-state index contributed by atoms with van der Waals surface area (Å²) in [6.07, 6.45) is 2.80. The van der Waals surface area contributed by atoms with Gasteiger partial charge in [-0.1, -0.05) is 41.9 Å². The molecule has 2 heterocycles. The van der Waals surface area contributed by atoms with Crippen LogP contribution < -0.4 is 5.32 Å². The standard InChI is InChI=1S/C20H16ClFN6O2/c1-10-15(21)16(22)13(14(18(10)28(29)30)12-6-4-3-5-7-12)11(2)27-20-17-19(24-8-23-17)25-9-26-20/h3-9,11H,1-2H3,(H2,23,24,25,26,27). The van der Waals surface area contributed by atoms with Gasteiger partial charge in [-0.25, -0.2) is 19.3 Å². The van der Waals surface area contributed by atoms with Gasteiger partial charge in [-0.05, 0) is 19.4 Å². The van der Waals surface area contributed by atoms with Gasteiger partial charge < -0.3 is 10.3 Å². The predicted octanol–water partition coefficient (Wildman–Crippen LogP) is 5.20. The van der Waals surface area contributed by atoms with Crippen molar-refractivity contribution in [2.75, 3.05) is 5.32 Å². The number of anilines is 1. The molecule has 4 rings (SSSR count). The van der Waals surface area contributed by atoms with Crippen LogP contribution in [0.5, 0.6) is 0 Å². The number of nitro benzene ring substituents is 1. The lowest BCUT2D eigenvalue weighted by atomic mass is 9.91. The van der Waals surface area contributed by atoms with E-state index in [1.807, 2.05) is 0 Å².